The van der Waals surface area contributed by atoms with Crippen LogP contribution in [-0.4, -0.2) is 17.5 Å². The molecular weight excluding hydrogens is 200 g/mol. The average Bonchev–Trinajstić information content (AvgIpc) is 2.98. The minimum atomic E-state index is 0.494. The second-order valence-corrected chi connectivity index (χ2v) is 5.13. The molecule has 0 atom stereocenters. The van der Waals surface area contributed by atoms with Crippen LogP contribution in [0.4, 0.5) is 0 Å². The van der Waals surface area contributed by atoms with Gasteiger partial charge in [0.1, 0.15) is 11.5 Å². The summed E-state index contributed by atoms with van der Waals surface area (Å²) < 4.78 is 5.66. The van der Waals surface area contributed by atoms with E-state index in [0.29, 0.717) is 12.5 Å². The van der Waals surface area contributed by atoms with Gasteiger partial charge in [0.2, 0.25) is 0 Å². The van der Waals surface area contributed by atoms with Crippen molar-refractivity contribution in [2.45, 2.75) is 45.8 Å². The predicted molar refractivity (Wildman–Crippen MR) is 64.9 cm³/mol. The molecule has 1 aromatic rings. The summed E-state index contributed by atoms with van der Waals surface area (Å²) in [5, 5.41) is 0. The zero-order chi connectivity index (χ0) is 11.5. The van der Waals surface area contributed by atoms with Gasteiger partial charge in [-0.1, -0.05) is 13.8 Å². The molecular formula is C13H22N2O. The highest BCUT2D eigenvalue weighted by Gasteiger charge is 2.29. The first kappa shape index (κ1) is 11.7. The van der Waals surface area contributed by atoms with Gasteiger partial charge in [0.05, 0.1) is 13.1 Å². The normalized spacial score (nSPS) is 16.3. The Kier molecular flexibility index (Phi) is 3.66. The van der Waals surface area contributed by atoms with E-state index >= 15 is 0 Å². The average molecular weight is 222 g/mol. The standard InChI is InChI=1S/C13H22N2O/c1-10(2)8-15(11-3-4-11)9-13-6-5-12(7-14)16-13/h5-6,10-11H,3-4,7-9,14H2,1-2H3. The van der Waals surface area contributed by atoms with Gasteiger partial charge < -0.3 is 10.2 Å². The van der Waals surface area contributed by atoms with Crippen molar-refractivity contribution in [2.75, 3.05) is 6.54 Å². The summed E-state index contributed by atoms with van der Waals surface area (Å²) in [5.41, 5.74) is 5.54. The Balaban J connectivity index is 1.93. The first-order valence-corrected chi connectivity index (χ1v) is 6.20. The Labute approximate surface area is 97.6 Å². The van der Waals surface area contributed by atoms with E-state index in [1.165, 1.54) is 12.8 Å². The third-order valence-electron chi connectivity index (χ3n) is 2.94. The van der Waals surface area contributed by atoms with Crippen molar-refractivity contribution in [1.82, 2.24) is 4.90 Å². The van der Waals surface area contributed by atoms with Gasteiger partial charge in [-0.25, -0.2) is 0 Å². The van der Waals surface area contributed by atoms with Crippen molar-refractivity contribution in [1.29, 1.82) is 0 Å². The van der Waals surface area contributed by atoms with Crippen LogP contribution in [0.3, 0.4) is 0 Å². The molecule has 3 nitrogen and oxygen atoms in total. The second-order valence-electron chi connectivity index (χ2n) is 5.13. The van der Waals surface area contributed by atoms with Gasteiger partial charge in [0.25, 0.3) is 0 Å². The van der Waals surface area contributed by atoms with Crippen molar-refractivity contribution < 1.29 is 4.42 Å². The van der Waals surface area contributed by atoms with Gasteiger partial charge in [-0.15, -0.1) is 0 Å². The van der Waals surface area contributed by atoms with Crippen molar-refractivity contribution in [3.05, 3.63) is 23.7 Å². The number of rotatable bonds is 6. The van der Waals surface area contributed by atoms with E-state index in [1.54, 1.807) is 0 Å². The van der Waals surface area contributed by atoms with E-state index in [-0.39, 0.29) is 0 Å². The first-order chi connectivity index (χ1) is 7.69. The maximum absolute atomic E-state index is 5.66. The van der Waals surface area contributed by atoms with Gasteiger partial charge in [-0.05, 0) is 30.9 Å². The van der Waals surface area contributed by atoms with Crippen molar-refractivity contribution in [3.63, 3.8) is 0 Å². The Morgan fingerprint density at radius 3 is 2.56 bits per heavy atom. The van der Waals surface area contributed by atoms with Crippen LogP contribution in [0.15, 0.2) is 16.5 Å². The number of hydrogen-bond donors (Lipinski definition) is 1. The second kappa shape index (κ2) is 5.02. The first-order valence-electron chi connectivity index (χ1n) is 6.20. The van der Waals surface area contributed by atoms with E-state index in [2.05, 4.69) is 24.8 Å². The monoisotopic (exact) mass is 222 g/mol. The smallest absolute Gasteiger partial charge is 0.118 e. The molecule has 1 aromatic heterocycles. The molecule has 16 heavy (non-hydrogen) atoms. The zero-order valence-corrected chi connectivity index (χ0v) is 10.3. The molecule has 1 heterocycles. The van der Waals surface area contributed by atoms with Crippen LogP contribution < -0.4 is 5.73 Å². The minimum Gasteiger partial charge on any atom is -0.463 e. The molecule has 2 N–H and O–H groups in total. The lowest BCUT2D eigenvalue weighted by molar-refractivity contribution is 0.207. The summed E-state index contributed by atoms with van der Waals surface area (Å²) in [5.74, 6) is 2.65. The quantitative estimate of drug-likeness (QED) is 0.803. The Morgan fingerprint density at radius 1 is 1.38 bits per heavy atom. The minimum absolute atomic E-state index is 0.494. The molecule has 0 amide bonds. The predicted octanol–water partition coefficient (Wildman–Crippen LogP) is 2.36. The van der Waals surface area contributed by atoms with Crippen LogP contribution in [0.1, 0.15) is 38.2 Å². The molecule has 0 bridgehead atoms. The lowest BCUT2D eigenvalue weighted by Crippen LogP contribution is -2.29. The highest BCUT2D eigenvalue weighted by molar-refractivity contribution is 5.07. The van der Waals surface area contributed by atoms with Crippen LogP contribution in [0.5, 0.6) is 0 Å². The van der Waals surface area contributed by atoms with Gasteiger partial charge in [0.15, 0.2) is 0 Å². The molecule has 0 saturated heterocycles. The van der Waals surface area contributed by atoms with E-state index in [0.717, 1.165) is 30.7 Å². The van der Waals surface area contributed by atoms with Crippen LogP contribution >= 0.6 is 0 Å². The van der Waals surface area contributed by atoms with Crippen molar-refractivity contribution >= 4 is 0 Å². The van der Waals surface area contributed by atoms with Gasteiger partial charge in [0, 0.05) is 12.6 Å². The SMILES string of the molecule is CC(C)CN(Cc1ccc(CN)o1)C1CC1. The molecule has 3 heteroatoms. The van der Waals surface area contributed by atoms with E-state index in [4.69, 9.17) is 10.2 Å². The zero-order valence-electron chi connectivity index (χ0n) is 10.3. The lowest BCUT2D eigenvalue weighted by Gasteiger charge is -2.22. The molecule has 0 aromatic carbocycles. The third kappa shape index (κ3) is 3.09. The summed E-state index contributed by atoms with van der Waals surface area (Å²) in [4.78, 5) is 2.53. The van der Waals surface area contributed by atoms with Gasteiger partial charge in [-0.3, -0.25) is 4.90 Å². The third-order valence-corrected chi connectivity index (χ3v) is 2.94. The molecule has 1 fully saturated rings. The summed E-state index contributed by atoms with van der Waals surface area (Å²) in [6.45, 7) is 7.12. The molecule has 1 aliphatic carbocycles. The number of hydrogen-bond acceptors (Lipinski definition) is 3. The number of nitrogens with two attached hydrogens (primary N) is 1. The topological polar surface area (TPSA) is 42.4 Å². The fraction of sp³-hybridized carbons (Fsp3) is 0.692. The van der Waals surface area contributed by atoms with Crippen LogP contribution in [0.25, 0.3) is 0 Å². The fourth-order valence-electron chi connectivity index (χ4n) is 2.07. The van der Waals surface area contributed by atoms with E-state index in [1.807, 2.05) is 6.07 Å². The maximum atomic E-state index is 5.66. The number of nitrogens with zero attached hydrogens (tertiary/aromatic N) is 1. The summed E-state index contributed by atoms with van der Waals surface area (Å²) in [6, 6.07) is 4.82. The van der Waals surface area contributed by atoms with Gasteiger partial charge >= 0.3 is 0 Å². The number of furan rings is 1. The lowest BCUT2D eigenvalue weighted by atomic mass is 10.2. The molecule has 0 aliphatic heterocycles. The van der Waals surface area contributed by atoms with E-state index in [9.17, 15) is 0 Å². The molecule has 1 saturated carbocycles. The summed E-state index contributed by atoms with van der Waals surface area (Å²) >= 11 is 0. The molecule has 0 radical (unpaired) electrons. The van der Waals surface area contributed by atoms with Crippen molar-refractivity contribution in [2.24, 2.45) is 11.7 Å². The summed E-state index contributed by atoms with van der Waals surface area (Å²) in [7, 11) is 0. The maximum Gasteiger partial charge on any atom is 0.118 e. The van der Waals surface area contributed by atoms with Gasteiger partial charge in [-0.2, -0.15) is 0 Å². The molecule has 0 spiro atoms. The largest absolute Gasteiger partial charge is 0.463 e. The Bertz CT molecular complexity index is 328. The van der Waals surface area contributed by atoms with Crippen LogP contribution in [0.2, 0.25) is 0 Å². The highest BCUT2D eigenvalue weighted by Crippen LogP contribution is 2.29. The Hall–Kier alpha value is -0.800. The summed E-state index contributed by atoms with van der Waals surface area (Å²) in [6.07, 6.45) is 2.69. The van der Waals surface area contributed by atoms with E-state index < -0.39 is 0 Å². The highest BCUT2D eigenvalue weighted by atomic mass is 16.3. The van der Waals surface area contributed by atoms with Crippen molar-refractivity contribution in [3.8, 4) is 0 Å². The Morgan fingerprint density at radius 2 is 2.06 bits per heavy atom. The van der Waals surface area contributed by atoms with Crippen LogP contribution in [-0.2, 0) is 13.1 Å². The van der Waals surface area contributed by atoms with Crippen LogP contribution in [0, 0.1) is 5.92 Å². The molecule has 2 rings (SSSR count). The molecule has 90 valence electrons. The molecule has 0 unspecified atom stereocenters. The molecule has 1 aliphatic rings. The fourth-order valence-corrected chi connectivity index (χ4v) is 2.07.